The molecule has 1 N–H and O–H groups in total. The maximum Gasteiger partial charge on any atom is 0.144 e. The summed E-state index contributed by atoms with van der Waals surface area (Å²) in [5, 5.41) is 12.9. The molecule has 0 aromatic carbocycles. The Bertz CT molecular complexity index is 624. The second-order valence-corrected chi connectivity index (χ2v) is 7.02. The first-order valence-corrected chi connectivity index (χ1v) is 8.54. The number of anilines is 2. The molecule has 6 nitrogen and oxygen atoms in total. The molecule has 1 aromatic rings. The summed E-state index contributed by atoms with van der Waals surface area (Å²) in [4.78, 5) is 11.8. The molecule has 2 saturated heterocycles. The van der Waals surface area contributed by atoms with E-state index in [0.29, 0.717) is 5.69 Å². The van der Waals surface area contributed by atoms with Crippen molar-refractivity contribution in [2.24, 2.45) is 0 Å². The number of nitrogens with one attached hydrogen (secondary N) is 1. The zero-order chi connectivity index (χ0) is 15.9. The van der Waals surface area contributed by atoms with Crippen LogP contribution < -0.4 is 15.1 Å². The highest BCUT2D eigenvalue weighted by Gasteiger charge is 2.49. The Labute approximate surface area is 137 Å². The number of piperazine rings is 2. The minimum Gasteiger partial charge on any atom is -0.369 e. The quantitative estimate of drug-likeness (QED) is 0.865. The molecular formula is C17H24N6. The summed E-state index contributed by atoms with van der Waals surface area (Å²) in [6.45, 7) is 7.16. The Morgan fingerprint density at radius 3 is 2.65 bits per heavy atom. The molecule has 0 unspecified atom stereocenters. The summed E-state index contributed by atoms with van der Waals surface area (Å²) >= 11 is 0. The highest BCUT2D eigenvalue weighted by atomic mass is 15.3. The van der Waals surface area contributed by atoms with E-state index in [9.17, 15) is 5.26 Å². The largest absolute Gasteiger partial charge is 0.369 e. The fourth-order valence-corrected chi connectivity index (χ4v) is 3.74. The molecule has 2 aliphatic heterocycles. The molecule has 0 amide bonds. The van der Waals surface area contributed by atoms with Crippen LogP contribution in [0.4, 0.5) is 11.5 Å². The summed E-state index contributed by atoms with van der Waals surface area (Å²) < 4.78 is 0. The first kappa shape index (κ1) is 14.7. The standard InChI is InChI=1S/C17H24N6/c1-21-6-8-22(9-7-21)15-10-14(12-18)20-16(11-15)23-5-4-19-13-17(23)2-3-17/h10-11,19H,2-9,13H2,1H3. The summed E-state index contributed by atoms with van der Waals surface area (Å²) in [6.07, 6.45) is 2.45. The van der Waals surface area contributed by atoms with Crippen LogP contribution in [0.2, 0.25) is 0 Å². The van der Waals surface area contributed by atoms with E-state index in [4.69, 9.17) is 0 Å². The van der Waals surface area contributed by atoms with Crippen LogP contribution in [-0.2, 0) is 0 Å². The van der Waals surface area contributed by atoms with E-state index in [1.807, 2.05) is 6.07 Å². The van der Waals surface area contributed by atoms with Crippen molar-refractivity contribution in [2.75, 3.05) is 62.7 Å². The van der Waals surface area contributed by atoms with Crippen molar-refractivity contribution in [1.29, 1.82) is 5.26 Å². The van der Waals surface area contributed by atoms with Crippen molar-refractivity contribution >= 4 is 11.5 Å². The molecule has 0 bridgehead atoms. The smallest absolute Gasteiger partial charge is 0.144 e. The Hall–Kier alpha value is -1.84. The number of pyridine rings is 1. The van der Waals surface area contributed by atoms with Crippen LogP contribution >= 0.6 is 0 Å². The minimum atomic E-state index is 0.249. The first-order valence-electron chi connectivity index (χ1n) is 8.54. The summed E-state index contributed by atoms with van der Waals surface area (Å²) in [5.41, 5.74) is 1.93. The topological polar surface area (TPSA) is 58.4 Å². The van der Waals surface area contributed by atoms with E-state index in [1.165, 1.54) is 12.8 Å². The number of hydrogen-bond acceptors (Lipinski definition) is 6. The fraction of sp³-hybridized carbons (Fsp3) is 0.647. The predicted octanol–water partition coefficient (Wildman–Crippen LogP) is 0.647. The van der Waals surface area contributed by atoms with Gasteiger partial charge in [0.15, 0.2) is 0 Å². The van der Waals surface area contributed by atoms with Crippen LogP contribution in [0.5, 0.6) is 0 Å². The molecule has 122 valence electrons. The third-order valence-corrected chi connectivity index (χ3v) is 5.42. The van der Waals surface area contributed by atoms with E-state index < -0.39 is 0 Å². The van der Waals surface area contributed by atoms with E-state index >= 15 is 0 Å². The van der Waals surface area contributed by atoms with Gasteiger partial charge in [0.25, 0.3) is 0 Å². The second kappa shape index (κ2) is 5.66. The van der Waals surface area contributed by atoms with Crippen molar-refractivity contribution in [3.05, 3.63) is 17.8 Å². The Kier molecular flexibility index (Phi) is 3.63. The van der Waals surface area contributed by atoms with E-state index in [2.05, 4.69) is 44.2 Å². The molecule has 0 atom stereocenters. The minimum absolute atomic E-state index is 0.249. The molecule has 3 fully saturated rings. The lowest BCUT2D eigenvalue weighted by Crippen LogP contribution is -2.53. The zero-order valence-corrected chi connectivity index (χ0v) is 13.8. The molecule has 4 rings (SSSR count). The maximum absolute atomic E-state index is 9.40. The lowest BCUT2D eigenvalue weighted by atomic mass is 10.1. The number of hydrogen-bond donors (Lipinski definition) is 1. The number of rotatable bonds is 2. The third kappa shape index (κ3) is 2.75. The van der Waals surface area contributed by atoms with Gasteiger partial charge in [-0.05, 0) is 26.0 Å². The highest BCUT2D eigenvalue weighted by molar-refractivity contribution is 5.60. The van der Waals surface area contributed by atoms with Crippen LogP contribution in [-0.4, -0.2) is 68.3 Å². The Morgan fingerprint density at radius 2 is 1.96 bits per heavy atom. The van der Waals surface area contributed by atoms with Crippen molar-refractivity contribution in [2.45, 2.75) is 18.4 Å². The average molecular weight is 312 g/mol. The number of aromatic nitrogens is 1. The van der Waals surface area contributed by atoms with Crippen molar-refractivity contribution in [1.82, 2.24) is 15.2 Å². The van der Waals surface area contributed by atoms with Crippen LogP contribution in [0, 0.1) is 11.3 Å². The van der Waals surface area contributed by atoms with E-state index in [-0.39, 0.29) is 5.54 Å². The predicted molar refractivity (Wildman–Crippen MR) is 90.8 cm³/mol. The van der Waals surface area contributed by atoms with Crippen molar-refractivity contribution < 1.29 is 0 Å². The van der Waals surface area contributed by atoms with Crippen LogP contribution in [0.3, 0.4) is 0 Å². The van der Waals surface area contributed by atoms with Crippen molar-refractivity contribution in [3.8, 4) is 6.07 Å². The average Bonchev–Trinajstić information content (AvgIpc) is 3.35. The molecule has 23 heavy (non-hydrogen) atoms. The summed E-state index contributed by atoms with van der Waals surface area (Å²) in [6, 6.07) is 6.39. The molecule has 6 heteroatoms. The first-order chi connectivity index (χ1) is 11.2. The summed E-state index contributed by atoms with van der Waals surface area (Å²) in [7, 11) is 2.16. The molecule has 1 aromatic heterocycles. The molecule has 1 spiro atoms. The molecule has 0 radical (unpaired) electrons. The van der Waals surface area contributed by atoms with Gasteiger partial charge in [0.2, 0.25) is 0 Å². The third-order valence-electron chi connectivity index (χ3n) is 5.42. The van der Waals surface area contributed by atoms with Gasteiger partial charge in [-0.3, -0.25) is 0 Å². The monoisotopic (exact) mass is 312 g/mol. The fourth-order valence-electron chi connectivity index (χ4n) is 3.74. The number of nitrogens with zero attached hydrogens (tertiary/aromatic N) is 5. The lowest BCUT2D eigenvalue weighted by molar-refractivity contribution is 0.313. The van der Waals surface area contributed by atoms with Crippen LogP contribution in [0.1, 0.15) is 18.5 Å². The van der Waals surface area contributed by atoms with Gasteiger partial charge < -0.3 is 20.0 Å². The Morgan fingerprint density at radius 1 is 1.17 bits per heavy atom. The Balaban J connectivity index is 1.65. The lowest BCUT2D eigenvalue weighted by Gasteiger charge is -2.39. The van der Waals surface area contributed by atoms with E-state index in [0.717, 1.165) is 57.3 Å². The van der Waals surface area contributed by atoms with Crippen molar-refractivity contribution in [3.63, 3.8) is 0 Å². The maximum atomic E-state index is 9.40. The van der Waals surface area contributed by atoms with E-state index in [1.54, 1.807) is 0 Å². The SMILES string of the molecule is CN1CCN(c2cc(C#N)nc(N3CCNCC34CC4)c2)CC1. The van der Waals surface area contributed by atoms with Crippen LogP contribution in [0.25, 0.3) is 0 Å². The van der Waals surface area contributed by atoms with Gasteiger partial charge in [-0.15, -0.1) is 0 Å². The molecule has 1 aliphatic carbocycles. The highest BCUT2D eigenvalue weighted by Crippen LogP contribution is 2.44. The van der Waals surface area contributed by atoms with Gasteiger partial charge in [-0.25, -0.2) is 4.98 Å². The molecule has 3 heterocycles. The molecule has 3 aliphatic rings. The van der Waals surface area contributed by atoms with Crippen LogP contribution in [0.15, 0.2) is 12.1 Å². The van der Waals surface area contributed by atoms with Gasteiger partial charge in [0.1, 0.15) is 17.6 Å². The normalized spacial score (nSPS) is 23.8. The van der Waals surface area contributed by atoms with Gasteiger partial charge in [-0.2, -0.15) is 5.26 Å². The number of nitriles is 1. The second-order valence-electron chi connectivity index (χ2n) is 7.02. The summed E-state index contributed by atoms with van der Waals surface area (Å²) in [5.74, 6) is 0.983. The molecular weight excluding hydrogens is 288 g/mol. The van der Waals surface area contributed by atoms with Gasteiger partial charge >= 0.3 is 0 Å². The number of likely N-dealkylation sites (N-methyl/N-ethyl adjacent to an activating group) is 1. The zero-order valence-electron chi connectivity index (χ0n) is 13.8. The molecule has 1 saturated carbocycles. The van der Waals surface area contributed by atoms with Gasteiger partial charge in [0.05, 0.1) is 5.54 Å². The van der Waals surface area contributed by atoms with Gasteiger partial charge in [0, 0.05) is 57.6 Å². The van der Waals surface area contributed by atoms with Gasteiger partial charge in [-0.1, -0.05) is 0 Å².